The largest absolute Gasteiger partial charge is 0.462 e. The number of thioether (sulfide) groups is 1. The minimum Gasteiger partial charge on any atom is -0.462 e. The van der Waals surface area contributed by atoms with Gasteiger partial charge in [-0.2, -0.15) is 0 Å². The molecular weight excluding hydrogens is 416 g/mol. The van der Waals surface area contributed by atoms with Gasteiger partial charge in [0.1, 0.15) is 18.1 Å². The fourth-order valence-electron chi connectivity index (χ4n) is 2.93. The van der Waals surface area contributed by atoms with Gasteiger partial charge < -0.3 is 23.7 Å². The van der Waals surface area contributed by atoms with Gasteiger partial charge in [0.25, 0.3) is 0 Å². The molecule has 0 spiro atoms. The molecule has 0 unspecified atom stereocenters. The monoisotopic (exact) mass is 440 g/mol. The summed E-state index contributed by atoms with van der Waals surface area (Å²) < 4.78 is 27.1. The van der Waals surface area contributed by atoms with Crippen molar-refractivity contribution >= 4 is 35.6 Å². The van der Waals surface area contributed by atoms with E-state index >= 15 is 0 Å². The SMILES string of the molecule is CC(=O)OC[C@@H](OC(C)=O)[C@H]1O[C@H](Sc2ccccc2)[C@H](OC(C)=O)[C@H]1OC(C)=O. The van der Waals surface area contributed by atoms with Crippen LogP contribution in [0.1, 0.15) is 27.7 Å². The van der Waals surface area contributed by atoms with Gasteiger partial charge in [0.15, 0.2) is 18.3 Å². The molecule has 1 aromatic carbocycles. The summed E-state index contributed by atoms with van der Waals surface area (Å²) in [5.74, 6) is -2.45. The number of carbonyl (C=O) groups excluding carboxylic acids is 4. The van der Waals surface area contributed by atoms with Crippen molar-refractivity contribution in [1.82, 2.24) is 0 Å². The molecule has 2 rings (SSSR count). The van der Waals surface area contributed by atoms with Gasteiger partial charge in [-0.15, -0.1) is 0 Å². The highest BCUT2D eigenvalue weighted by Gasteiger charge is 2.53. The van der Waals surface area contributed by atoms with Crippen molar-refractivity contribution < 1.29 is 42.9 Å². The van der Waals surface area contributed by atoms with Gasteiger partial charge in [0.2, 0.25) is 0 Å². The maximum Gasteiger partial charge on any atom is 0.303 e. The number of rotatable bonds is 8. The summed E-state index contributed by atoms with van der Waals surface area (Å²) in [6.07, 6.45) is -4.15. The van der Waals surface area contributed by atoms with Gasteiger partial charge in [-0.3, -0.25) is 19.2 Å². The van der Waals surface area contributed by atoms with Crippen molar-refractivity contribution in [3.63, 3.8) is 0 Å². The van der Waals surface area contributed by atoms with Crippen molar-refractivity contribution in [1.29, 1.82) is 0 Å². The fourth-order valence-corrected chi connectivity index (χ4v) is 4.04. The molecule has 1 saturated heterocycles. The zero-order valence-corrected chi connectivity index (χ0v) is 17.9. The lowest BCUT2D eigenvalue weighted by atomic mass is 10.1. The second kappa shape index (κ2) is 11.0. The molecule has 0 aromatic heterocycles. The zero-order valence-electron chi connectivity index (χ0n) is 17.1. The van der Waals surface area contributed by atoms with Crippen LogP contribution in [0.4, 0.5) is 0 Å². The first-order valence-corrected chi connectivity index (χ1v) is 10.1. The van der Waals surface area contributed by atoms with Crippen molar-refractivity contribution in [2.24, 2.45) is 0 Å². The molecule has 9 nitrogen and oxygen atoms in total. The summed E-state index contributed by atoms with van der Waals surface area (Å²) in [6.45, 7) is 4.51. The standard InChI is InChI=1S/C20H24O9S/c1-11(21)25-10-16(26-12(2)22)17-18(27-13(3)23)19(28-14(4)24)20(29-17)30-15-8-6-5-7-9-15/h5-9,16-20H,10H2,1-4H3/t16-,17-,18+,19-,20-/m1/s1. The lowest BCUT2D eigenvalue weighted by Gasteiger charge is -2.27. The van der Waals surface area contributed by atoms with E-state index in [1.165, 1.54) is 39.5 Å². The number of hydrogen-bond acceptors (Lipinski definition) is 10. The van der Waals surface area contributed by atoms with E-state index in [2.05, 4.69) is 0 Å². The topological polar surface area (TPSA) is 114 Å². The minimum absolute atomic E-state index is 0.313. The molecule has 5 atom stereocenters. The molecule has 0 bridgehead atoms. The quantitative estimate of drug-likeness (QED) is 0.438. The van der Waals surface area contributed by atoms with Crippen LogP contribution in [0, 0.1) is 0 Å². The molecule has 0 amide bonds. The Morgan fingerprint density at radius 1 is 0.900 bits per heavy atom. The van der Waals surface area contributed by atoms with Crippen LogP contribution in [0.5, 0.6) is 0 Å². The van der Waals surface area contributed by atoms with Gasteiger partial charge in [-0.05, 0) is 12.1 Å². The van der Waals surface area contributed by atoms with Gasteiger partial charge >= 0.3 is 23.9 Å². The number of hydrogen-bond donors (Lipinski definition) is 0. The zero-order chi connectivity index (χ0) is 22.3. The van der Waals surface area contributed by atoms with Crippen LogP contribution in [-0.4, -0.2) is 60.3 Å². The van der Waals surface area contributed by atoms with E-state index in [9.17, 15) is 19.2 Å². The highest BCUT2D eigenvalue weighted by molar-refractivity contribution is 7.99. The number of benzene rings is 1. The number of carbonyl (C=O) groups is 4. The first-order chi connectivity index (χ1) is 14.2. The van der Waals surface area contributed by atoms with Crippen molar-refractivity contribution in [2.45, 2.75) is 62.4 Å². The van der Waals surface area contributed by atoms with E-state index in [-0.39, 0.29) is 6.61 Å². The molecule has 0 saturated carbocycles. The molecule has 30 heavy (non-hydrogen) atoms. The van der Waals surface area contributed by atoms with Gasteiger partial charge in [-0.1, -0.05) is 30.0 Å². The van der Waals surface area contributed by atoms with Crippen LogP contribution in [-0.2, 0) is 42.9 Å². The van der Waals surface area contributed by atoms with E-state index in [4.69, 9.17) is 23.7 Å². The fraction of sp³-hybridized carbons (Fsp3) is 0.500. The Kier molecular flexibility index (Phi) is 8.67. The van der Waals surface area contributed by atoms with Crippen LogP contribution in [0.15, 0.2) is 35.2 Å². The summed E-state index contributed by atoms with van der Waals surface area (Å²) in [5.41, 5.74) is -0.763. The summed E-state index contributed by atoms with van der Waals surface area (Å²) in [4.78, 5) is 47.1. The Morgan fingerprint density at radius 3 is 2.03 bits per heavy atom. The molecule has 1 aliphatic heterocycles. The Morgan fingerprint density at radius 2 is 1.50 bits per heavy atom. The van der Waals surface area contributed by atoms with Crippen molar-refractivity contribution in [3.05, 3.63) is 30.3 Å². The third-order valence-electron chi connectivity index (χ3n) is 3.94. The van der Waals surface area contributed by atoms with E-state index < -0.39 is 53.7 Å². The molecule has 10 heteroatoms. The highest BCUT2D eigenvalue weighted by atomic mass is 32.2. The van der Waals surface area contributed by atoms with Crippen molar-refractivity contribution in [3.8, 4) is 0 Å². The van der Waals surface area contributed by atoms with E-state index in [1.807, 2.05) is 30.3 Å². The molecule has 0 radical (unpaired) electrons. The van der Waals surface area contributed by atoms with Gasteiger partial charge in [-0.25, -0.2) is 0 Å². The smallest absolute Gasteiger partial charge is 0.303 e. The highest BCUT2D eigenvalue weighted by Crippen LogP contribution is 2.39. The Hall–Kier alpha value is -2.59. The summed E-state index contributed by atoms with van der Waals surface area (Å²) in [6, 6.07) is 9.21. The van der Waals surface area contributed by atoms with E-state index in [0.29, 0.717) is 0 Å². The van der Waals surface area contributed by atoms with Crippen LogP contribution in [0.3, 0.4) is 0 Å². The van der Waals surface area contributed by atoms with E-state index in [0.717, 1.165) is 4.90 Å². The van der Waals surface area contributed by atoms with Gasteiger partial charge in [0, 0.05) is 32.6 Å². The van der Waals surface area contributed by atoms with Crippen LogP contribution in [0.25, 0.3) is 0 Å². The third-order valence-corrected chi connectivity index (χ3v) is 5.10. The lowest BCUT2D eigenvalue weighted by molar-refractivity contribution is -0.176. The van der Waals surface area contributed by atoms with Crippen LogP contribution < -0.4 is 0 Å². The molecular formula is C20H24O9S. The second-order valence-electron chi connectivity index (χ2n) is 6.50. The molecule has 1 heterocycles. The van der Waals surface area contributed by atoms with Crippen molar-refractivity contribution in [2.75, 3.05) is 6.61 Å². The Balaban J connectivity index is 2.35. The second-order valence-corrected chi connectivity index (χ2v) is 7.67. The molecule has 0 aliphatic carbocycles. The first kappa shape index (κ1) is 23.7. The average molecular weight is 440 g/mol. The van der Waals surface area contributed by atoms with Gasteiger partial charge in [0.05, 0.1) is 0 Å². The third kappa shape index (κ3) is 7.03. The number of ether oxygens (including phenoxy) is 5. The molecule has 1 fully saturated rings. The summed E-state index contributed by atoms with van der Waals surface area (Å²) >= 11 is 1.26. The van der Waals surface area contributed by atoms with Crippen LogP contribution in [0.2, 0.25) is 0 Å². The molecule has 0 N–H and O–H groups in total. The molecule has 1 aromatic rings. The summed E-state index contributed by atoms with van der Waals surface area (Å²) in [5, 5.41) is 0. The predicted molar refractivity (Wildman–Crippen MR) is 104 cm³/mol. The number of esters is 4. The lowest BCUT2D eigenvalue weighted by Crippen LogP contribution is -2.46. The summed E-state index contributed by atoms with van der Waals surface area (Å²) in [7, 11) is 0. The normalized spacial score (nSPS) is 23.9. The molecule has 164 valence electrons. The average Bonchev–Trinajstić information content (AvgIpc) is 2.95. The Bertz CT molecular complexity index is 767. The maximum atomic E-state index is 11.7. The van der Waals surface area contributed by atoms with Crippen LogP contribution >= 0.6 is 11.8 Å². The maximum absolute atomic E-state index is 11.7. The molecule has 1 aliphatic rings. The first-order valence-electron chi connectivity index (χ1n) is 9.19. The minimum atomic E-state index is -1.08. The Labute approximate surface area is 178 Å². The van der Waals surface area contributed by atoms with E-state index in [1.54, 1.807) is 0 Å². The predicted octanol–water partition coefficient (Wildman–Crippen LogP) is 1.86.